The van der Waals surface area contributed by atoms with Gasteiger partial charge in [0, 0.05) is 13.2 Å². The summed E-state index contributed by atoms with van der Waals surface area (Å²) in [7, 11) is 1.90. The van der Waals surface area contributed by atoms with Crippen LogP contribution in [-0.4, -0.2) is 46.6 Å². The Morgan fingerprint density at radius 3 is 2.33 bits per heavy atom. The molecule has 0 fully saturated rings. The lowest BCUT2D eigenvalue weighted by Crippen LogP contribution is -2.16. The fourth-order valence-corrected chi connectivity index (χ4v) is 0.682. The minimum absolute atomic E-state index is 0.670. The number of rotatable bonds is 9. The Labute approximate surface area is 74.4 Å². The highest BCUT2D eigenvalue weighted by molar-refractivity contribution is 4.38. The first-order chi connectivity index (χ1) is 5.91. The fourth-order valence-electron chi connectivity index (χ4n) is 0.682. The Morgan fingerprint density at radius 2 is 1.75 bits per heavy atom. The molecule has 0 aliphatic carbocycles. The van der Waals surface area contributed by atoms with Crippen LogP contribution in [0, 0.1) is 0 Å². The van der Waals surface area contributed by atoms with Gasteiger partial charge in [0.05, 0.1) is 19.8 Å². The molecule has 0 bridgehead atoms. The summed E-state index contributed by atoms with van der Waals surface area (Å²) >= 11 is 0. The lowest BCUT2D eigenvalue weighted by atomic mass is 10.5. The van der Waals surface area contributed by atoms with Gasteiger partial charge in [0.2, 0.25) is 0 Å². The summed E-state index contributed by atoms with van der Waals surface area (Å²) in [4.78, 5) is 0. The molecule has 0 radical (unpaired) electrons. The number of likely N-dealkylation sites (N-methyl/N-ethyl adjacent to an activating group) is 1. The van der Waals surface area contributed by atoms with Gasteiger partial charge in [-0.3, -0.25) is 0 Å². The number of hydrogen-bond donors (Lipinski definition) is 2. The molecule has 0 saturated carbocycles. The Morgan fingerprint density at radius 1 is 1.08 bits per heavy atom. The highest BCUT2D eigenvalue weighted by Crippen LogP contribution is 1.80. The van der Waals surface area contributed by atoms with Crippen LogP contribution >= 0.6 is 0 Å². The standard InChI is InChI=1S/C8H20N2O2/c1-10-4-6-12-8-7-11-5-2-3-9/h10H,2-9H2,1H3. The molecule has 0 aromatic rings. The van der Waals surface area contributed by atoms with Crippen molar-refractivity contribution in [1.29, 1.82) is 0 Å². The van der Waals surface area contributed by atoms with Crippen molar-refractivity contribution in [3.05, 3.63) is 0 Å². The second-order valence-corrected chi connectivity index (χ2v) is 2.47. The van der Waals surface area contributed by atoms with Crippen LogP contribution in [-0.2, 0) is 9.47 Å². The van der Waals surface area contributed by atoms with Crippen LogP contribution in [0.5, 0.6) is 0 Å². The van der Waals surface area contributed by atoms with Crippen LogP contribution in [0.2, 0.25) is 0 Å². The van der Waals surface area contributed by atoms with E-state index in [1.165, 1.54) is 0 Å². The SMILES string of the molecule is CNCCOCCOCCCN. The third kappa shape index (κ3) is 9.84. The Balaban J connectivity index is 2.73. The van der Waals surface area contributed by atoms with Gasteiger partial charge in [-0.05, 0) is 20.0 Å². The Bertz CT molecular complexity index is 71.5. The normalized spacial score (nSPS) is 10.5. The molecular weight excluding hydrogens is 156 g/mol. The van der Waals surface area contributed by atoms with Crippen molar-refractivity contribution in [3.8, 4) is 0 Å². The lowest BCUT2D eigenvalue weighted by Gasteiger charge is -2.04. The number of nitrogens with one attached hydrogen (secondary N) is 1. The molecule has 3 N–H and O–H groups in total. The molecule has 0 atom stereocenters. The topological polar surface area (TPSA) is 56.5 Å². The summed E-state index contributed by atoms with van der Waals surface area (Å²) in [6.07, 6.45) is 0.927. The van der Waals surface area contributed by atoms with Crippen molar-refractivity contribution in [2.45, 2.75) is 6.42 Å². The van der Waals surface area contributed by atoms with E-state index in [2.05, 4.69) is 5.32 Å². The fraction of sp³-hybridized carbons (Fsp3) is 1.00. The van der Waals surface area contributed by atoms with Gasteiger partial charge >= 0.3 is 0 Å². The number of hydrogen-bond acceptors (Lipinski definition) is 4. The van der Waals surface area contributed by atoms with Gasteiger partial charge in [0.15, 0.2) is 0 Å². The van der Waals surface area contributed by atoms with E-state index < -0.39 is 0 Å². The van der Waals surface area contributed by atoms with Crippen molar-refractivity contribution < 1.29 is 9.47 Å². The molecule has 4 nitrogen and oxygen atoms in total. The number of nitrogens with two attached hydrogens (primary N) is 1. The average molecular weight is 176 g/mol. The summed E-state index contributed by atoms with van der Waals surface area (Å²) < 4.78 is 10.5. The van der Waals surface area contributed by atoms with Crippen LogP contribution in [0.1, 0.15) is 6.42 Å². The smallest absolute Gasteiger partial charge is 0.0701 e. The van der Waals surface area contributed by atoms with E-state index in [0.29, 0.717) is 19.8 Å². The zero-order chi connectivity index (χ0) is 9.07. The van der Waals surface area contributed by atoms with Gasteiger partial charge < -0.3 is 20.5 Å². The average Bonchev–Trinajstić information content (AvgIpc) is 2.10. The zero-order valence-electron chi connectivity index (χ0n) is 7.84. The highest BCUT2D eigenvalue weighted by atomic mass is 16.5. The van der Waals surface area contributed by atoms with E-state index in [1.807, 2.05) is 7.05 Å². The van der Waals surface area contributed by atoms with Gasteiger partial charge in [-0.25, -0.2) is 0 Å². The molecule has 0 aliphatic heterocycles. The van der Waals surface area contributed by atoms with Crippen molar-refractivity contribution in [2.75, 3.05) is 46.6 Å². The van der Waals surface area contributed by atoms with Gasteiger partial charge in [-0.2, -0.15) is 0 Å². The van der Waals surface area contributed by atoms with Gasteiger partial charge in [0.25, 0.3) is 0 Å². The molecular formula is C8H20N2O2. The summed E-state index contributed by atoms with van der Waals surface area (Å²) in [5.74, 6) is 0. The summed E-state index contributed by atoms with van der Waals surface area (Å²) in [6, 6.07) is 0. The third-order valence-electron chi connectivity index (χ3n) is 1.36. The molecule has 0 rings (SSSR count). The van der Waals surface area contributed by atoms with E-state index in [4.69, 9.17) is 15.2 Å². The summed E-state index contributed by atoms with van der Waals surface area (Å²) in [6.45, 7) is 4.42. The first-order valence-corrected chi connectivity index (χ1v) is 4.42. The molecule has 0 amide bonds. The molecule has 0 spiro atoms. The maximum absolute atomic E-state index is 5.29. The molecule has 0 aromatic heterocycles. The van der Waals surface area contributed by atoms with Gasteiger partial charge in [0.1, 0.15) is 0 Å². The summed E-state index contributed by atoms with van der Waals surface area (Å²) in [5, 5.41) is 3.00. The molecule has 0 heterocycles. The minimum Gasteiger partial charge on any atom is -0.379 e. The third-order valence-corrected chi connectivity index (χ3v) is 1.36. The van der Waals surface area contributed by atoms with Crippen molar-refractivity contribution >= 4 is 0 Å². The predicted molar refractivity (Wildman–Crippen MR) is 49.2 cm³/mol. The largest absolute Gasteiger partial charge is 0.379 e. The van der Waals surface area contributed by atoms with E-state index in [1.54, 1.807) is 0 Å². The molecule has 0 aliphatic rings. The first kappa shape index (κ1) is 11.8. The summed E-state index contributed by atoms with van der Waals surface area (Å²) in [5.41, 5.74) is 5.29. The predicted octanol–water partition coefficient (Wildman–Crippen LogP) is -0.412. The first-order valence-electron chi connectivity index (χ1n) is 4.42. The Kier molecular flexibility index (Phi) is 10.7. The van der Waals surface area contributed by atoms with E-state index in [0.717, 1.165) is 26.2 Å². The molecule has 12 heavy (non-hydrogen) atoms. The maximum Gasteiger partial charge on any atom is 0.0701 e. The van der Waals surface area contributed by atoms with Crippen LogP contribution in [0.4, 0.5) is 0 Å². The molecule has 74 valence electrons. The van der Waals surface area contributed by atoms with Crippen LogP contribution in [0.3, 0.4) is 0 Å². The van der Waals surface area contributed by atoms with E-state index >= 15 is 0 Å². The maximum atomic E-state index is 5.29. The number of ether oxygens (including phenoxy) is 2. The van der Waals surface area contributed by atoms with Crippen molar-refractivity contribution in [2.24, 2.45) is 5.73 Å². The monoisotopic (exact) mass is 176 g/mol. The molecule has 0 saturated heterocycles. The second-order valence-electron chi connectivity index (χ2n) is 2.47. The van der Waals surface area contributed by atoms with E-state index in [9.17, 15) is 0 Å². The zero-order valence-corrected chi connectivity index (χ0v) is 7.84. The molecule has 0 unspecified atom stereocenters. The highest BCUT2D eigenvalue weighted by Gasteiger charge is 1.88. The van der Waals surface area contributed by atoms with Gasteiger partial charge in [-0.1, -0.05) is 0 Å². The van der Waals surface area contributed by atoms with Crippen LogP contribution in [0.25, 0.3) is 0 Å². The lowest BCUT2D eigenvalue weighted by molar-refractivity contribution is 0.0489. The molecule has 0 aromatic carbocycles. The quantitative estimate of drug-likeness (QED) is 0.469. The van der Waals surface area contributed by atoms with Crippen molar-refractivity contribution in [3.63, 3.8) is 0 Å². The second kappa shape index (κ2) is 10.8. The van der Waals surface area contributed by atoms with E-state index in [-0.39, 0.29) is 0 Å². The molecule has 4 heteroatoms. The Hall–Kier alpha value is -0.160. The van der Waals surface area contributed by atoms with Crippen LogP contribution in [0.15, 0.2) is 0 Å². The van der Waals surface area contributed by atoms with Crippen molar-refractivity contribution in [1.82, 2.24) is 5.32 Å². The minimum atomic E-state index is 0.670. The van der Waals surface area contributed by atoms with Crippen LogP contribution < -0.4 is 11.1 Å². The van der Waals surface area contributed by atoms with Gasteiger partial charge in [-0.15, -0.1) is 0 Å².